The second kappa shape index (κ2) is 8.75. The first kappa shape index (κ1) is 21.3. The van der Waals surface area contributed by atoms with Crippen LogP contribution in [0.2, 0.25) is 0 Å². The smallest absolute Gasteiger partial charge is 0.170 e. The van der Waals surface area contributed by atoms with E-state index in [1.165, 1.54) is 6.07 Å². The highest BCUT2D eigenvalue weighted by Gasteiger charge is 2.41. The van der Waals surface area contributed by atoms with Gasteiger partial charge in [0.2, 0.25) is 0 Å². The average molecular weight is 458 g/mol. The Hall–Kier alpha value is -3.58. The predicted octanol–water partition coefficient (Wildman–Crippen LogP) is 5.20. The van der Waals surface area contributed by atoms with E-state index in [-0.39, 0.29) is 17.9 Å². The van der Waals surface area contributed by atoms with Gasteiger partial charge in [0, 0.05) is 23.8 Å². The average Bonchev–Trinajstić information content (AvgIpc) is 3.30. The molecule has 3 aromatic heterocycles. The first-order valence-electron chi connectivity index (χ1n) is 10.9. The molecule has 0 spiro atoms. The molecule has 166 valence electrons. The Morgan fingerprint density at radius 3 is 2.39 bits per heavy atom. The van der Waals surface area contributed by atoms with Crippen LogP contribution >= 0.6 is 12.2 Å². The number of hydrogen-bond donors (Lipinski definition) is 1. The number of pyridine rings is 2. The predicted molar refractivity (Wildman–Crippen MR) is 130 cm³/mol. The van der Waals surface area contributed by atoms with Crippen molar-refractivity contribution in [3.8, 4) is 5.69 Å². The van der Waals surface area contributed by atoms with E-state index in [2.05, 4.69) is 26.3 Å². The van der Waals surface area contributed by atoms with Gasteiger partial charge in [-0.05, 0) is 74.1 Å². The molecule has 1 N–H and O–H groups in total. The van der Waals surface area contributed by atoms with Gasteiger partial charge >= 0.3 is 0 Å². The molecule has 1 saturated heterocycles. The van der Waals surface area contributed by atoms with Crippen molar-refractivity contribution in [2.75, 3.05) is 0 Å². The Morgan fingerprint density at radius 1 is 0.970 bits per heavy atom. The number of hydrogen-bond acceptors (Lipinski definition) is 3. The molecule has 0 radical (unpaired) electrons. The zero-order valence-electron chi connectivity index (χ0n) is 18.4. The van der Waals surface area contributed by atoms with E-state index in [0.717, 1.165) is 28.3 Å². The molecule has 1 aliphatic rings. The topological polar surface area (TPSA) is 46.0 Å². The van der Waals surface area contributed by atoms with E-state index in [1.807, 2.05) is 60.9 Å². The molecular weight excluding hydrogens is 433 g/mol. The summed E-state index contributed by atoms with van der Waals surface area (Å²) >= 11 is 5.78. The van der Waals surface area contributed by atoms with Crippen LogP contribution in [0.15, 0.2) is 79.1 Å². The number of aromatic nitrogens is 3. The van der Waals surface area contributed by atoms with Crippen LogP contribution in [0.3, 0.4) is 0 Å². The second-order valence-corrected chi connectivity index (χ2v) is 8.58. The van der Waals surface area contributed by atoms with Crippen LogP contribution < -0.4 is 5.32 Å². The molecule has 0 saturated carbocycles. The summed E-state index contributed by atoms with van der Waals surface area (Å²) in [5, 5.41) is 4.13. The van der Waals surface area contributed by atoms with Gasteiger partial charge in [0.15, 0.2) is 5.11 Å². The molecule has 5 nitrogen and oxygen atoms in total. The van der Waals surface area contributed by atoms with Gasteiger partial charge in [-0.1, -0.05) is 24.3 Å². The minimum absolute atomic E-state index is 0.124. The van der Waals surface area contributed by atoms with Gasteiger partial charge in [-0.3, -0.25) is 9.97 Å². The quantitative estimate of drug-likeness (QED) is 0.418. The summed E-state index contributed by atoms with van der Waals surface area (Å²) in [5.41, 5.74) is 5.39. The Morgan fingerprint density at radius 2 is 1.70 bits per heavy atom. The molecular formula is C26H24FN5S. The van der Waals surface area contributed by atoms with E-state index in [4.69, 9.17) is 12.2 Å². The number of rotatable bonds is 5. The summed E-state index contributed by atoms with van der Waals surface area (Å²) in [4.78, 5) is 11.3. The number of halogens is 1. The Balaban J connectivity index is 1.63. The van der Waals surface area contributed by atoms with Crippen LogP contribution in [0.4, 0.5) is 4.39 Å². The first-order valence-corrected chi connectivity index (χ1v) is 11.3. The van der Waals surface area contributed by atoms with Gasteiger partial charge in [-0.25, -0.2) is 4.39 Å². The van der Waals surface area contributed by atoms with Crippen LogP contribution in [0, 0.1) is 19.7 Å². The fourth-order valence-electron chi connectivity index (χ4n) is 4.67. The number of thiocarbonyl (C=S) groups is 1. The standard InChI is InChI=1S/C26H24FN5S/c1-17-15-20(18(2)32(17)23-12-4-3-10-21(23)27)25-24(22-11-6-8-14-29-22)30-26(33)31(25)16-19-9-5-7-13-28-19/h3-15,24-25H,16H2,1-2H3,(H,30,33)/t24-,25+/m1/s1. The normalized spacial score (nSPS) is 17.9. The number of nitrogens with one attached hydrogen (secondary N) is 1. The SMILES string of the molecule is Cc1cc([C@H]2[C@@H](c3ccccn3)NC(=S)N2Cc2ccccn2)c(C)n1-c1ccccc1F. The summed E-state index contributed by atoms with van der Waals surface area (Å²) in [5.74, 6) is -0.252. The maximum atomic E-state index is 14.7. The van der Waals surface area contributed by atoms with Crippen molar-refractivity contribution in [3.63, 3.8) is 0 Å². The van der Waals surface area contributed by atoms with Gasteiger partial charge in [-0.2, -0.15) is 0 Å². The highest BCUT2D eigenvalue weighted by atomic mass is 32.1. The minimum atomic E-state index is -0.252. The van der Waals surface area contributed by atoms with Gasteiger partial charge in [-0.15, -0.1) is 0 Å². The van der Waals surface area contributed by atoms with Gasteiger partial charge in [0.25, 0.3) is 0 Å². The molecule has 0 bridgehead atoms. The molecule has 5 rings (SSSR count). The number of nitrogens with zero attached hydrogens (tertiary/aromatic N) is 4. The van der Waals surface area contributed by atoms with Crippen molar-refractivity contribution in [1.29, 1.82) is 0 Å². The summed E-state index contributed by atoms with van der Waals surface area (Å²) in [6.07, 6.45) is 3.58. The third kappa shape index (κ3) is 3.89. The number of para-hydroxylation sites is 1. The Bertz CT molecular complexity index is 1290. The van der Waals surface area contributed by atoms with Crippen molar-refractivity contribution in [2.24, 2.45) is 0 Å². The van der Waals surface area contributed by atoms with Crippen molar-refractivity contribution < 1.29 is 4.39 Å². The zero-order chi connectivity index (χ0) is 22.9. The van der Waals surface area contributed by atoms with Gasteiger partial charge in [0.05, 0.1) is 35.7 Å². The summed E-state index contributed by atoms with van der Waals surface area (Å²) in [6, 6.07) is 20.5. The minimum Gasteiger partial charge on any atom is -0.352 e. The summed E-state index contributed by atoms with van der Waals surface area (Å²) in [6.45, 7) is 4.59. The Kier molecular flexibility index (Phi) is 5.64. The number of benzene rings is 1. The van der Waals surface area contributed by atoms with Crippen LogP contribution in [-0.2, 0) is 6.54 Å². The molecule has 1 fully saturated rings. The lowest BCUT2D eigenvalue weighted by Crippen LogP contribution is -2.29. The van der Waals surface area contributed by atoms with Gasteiger partial charge in [0.1, 0.15) is 5.82 Å². The van der Waals surface area contributed by atoms with Crippen LogP contribution in [0.5, 0.6) is 0 Å². The van der Waals surface area contributed by atoms with Crippen LogP contribution in [0.25, 0.3) is 5.69 Å². The maximum absolute atomic E-state index is 14.7. The number of aryl methyl sites for hydroxylation is 1. The molecule has 2 atom stereocenters. The summed E-state index contributed by atoms with van der Waals surface area (Å²) in [7, 11) is 0. The lowest BCUT2D eigenvalue weighted by molar-refractivity contribution is 0.307. The molecule has 1 aliphatic heterocycles. The van der Waals surface area contributed by atoms with Gasteiger partial charge < -0.3 is 14.8 Å². The van der Waals surface area contributed by atoms with Crippen LogP contribution in [-0.4, -0.2) is 24.5 Å². The van der Waals surface area contributed by atoms with E-state index in [0.29, 0.717) is 17.3 Å². The Labute approximate surface area is 197 Å². The second-order valence-electron chi connectivity index (χ2n) is 8.19. The molecule has 4 aromatic rings. The maximum Gasteiger partial charge on any atom is 0.170 e. The first-order chi connectivity index (χ1) is 16.0. The molecule has 33 heavy (non-hydrogen) atoms. The van der Waals surface area contributed by atoms with E-state index < -0.39 is 0 Å². The molecule has 4 heterocycles. The molecule has 1 aromatic carbocycles. The van der Waals surface area contributed by atoms with E-state index in [1.54, 1.807) is 24.5 Å². The molecule has 0 unspecified atom stereocenters. The zero-order valence-corrected chi connectivity index (χ0v) is 19.3. The van der Waals surface area contributed by atoms with Crippen molar-refractivity contribution >= 4 is 17.3 Å². The van der Waals surface area contributed by atoms with Crippen molar-refractivity contribution in [1.82, 2.24) is 24.8 Å². The van der Waals surface area contributed by atoms with Crippen molar-refractivity contribution in [2.45, 2.75) is 32.5 Å². The monoisotopic (exact) mass is 457 g/mol. The third-order valence-electron chi connectivity index (χ3n) is 6.14. The third-order valence-corrected chi connectivity index (χ3v) is 6.49. The highest BCUT2D eigenvalue weighted by Crippen LogP contribution is 2.42. The molecule has 0 amide bonds. The lowest BCUT2D eigenvalue weighted by Gasteiger charge is -2.28. The fraction of sp³-hybridized carbons (Fsp3) is 0.192. The molecule has 7 heteroatoms. The largest absolute Gasteiger partial charge is 0.352 e. The lowest BCUT2D eigenvalue weighted by atomic mass is 9.96. The van der Waals surface area contributed by atoms with Crippen LogP contribution in [0.1, 0.15) is 40.4 Å². The fourth-order valence-corrected chi connectivity index (χ4v) is 4.98. The van der Waals surface area contributed by atoms with E-state index in [9.17, 15) is 4.39 Å². The van der Waals surface area contributed by atoms with Crippen molar-refractivity contribution in [3.05, 3.63) is 113 Å². The summed E-state index contributed by atoms with van der Waals surface area (Å²) < 4.78 is 16.7. The molecule has 0 aliphatic carbocycles. The highest BCUT2D eigenvalue weighted by molar-refractivity contribution is 7.80. The van der Waals surface area contributed by atoms with E-state index >= 15 is 0 Å².